The molecule has 4 aliphatic heterocycles. The molecule has 11 nitrogen and oxygen atoms in total. The number of piperazine rings is 1. The van der Waals surface area contributed by atoms with Gasteiger partial charge >= 0.3 is 0 Å². The molecule has 4 aliphatic rings. The molecule has 3 aromatic rings. The van der Waals surface area contributed by atoms with E-state index in [0.29, 0.717) is 55.1 Å². The molecule has 0 aliphatic carbocycles. The summed E-state index contributed by atoms with van der Waals surface area (Å²) in [5.41, 5.74) is 1.02. The Kier molecular flexibility index (Phi) is 6.92. The molecule has 0 saturated carbocycles. The Bertz CT molecular complexity index is 1690. The standard InChI is InChI=1S/C30H29F3N6O5/c31-18-4-5-19-22(14-18)44-35-26(19)38-12-10-37(11-13-38)23-8-9-36(16-30(23,32)33)15-17-2-1-3-20-25(17)29(43)39(28(20)42)21-6-7-24(40)34-27(21)41/h1-5,14,21,23H,6-13,15-16H2,(H,34,40,41). The smallest absolute Gasteiger partial charge is 0.275 e. The predicted octanol–water partition coefficient (Wildman–Crippen LogP) is 2.40. The number of halogens is 3. The lowest BCUT2D eigenvalue weighted by atomic mass is 9.96. The Morgan fingerprint density at radius 1 is 0.977 bits per heavy atom. The highest BCUT2D eigenvalue weighted by Crippen LogP contribution is 2.36. The first kappa shape index (κ1) is 28.5. The van der Waals surface area contributed by atoms with Crippen LogP contribution in [0.5, 0.6) is 0 Å². The zero-order chi connectivity index (χ0) is 30.7. The van der Waals surface area contributed by atoms with Crippen molar-refractivity contribution in [1.29, 1.82) is 0 Å². The van der Waals surface area contributed by atoms with Crippen LogP contribution in [0.15, 0.2) is 40.9 Å². The highest BCUT2D eigenvalue weighted by atomic mass is 19.3. The maximum atomic E-state index is 15.7. The molecule has 3 saturated heterocycles. The van der Waals surface area contributed by atoms with Crippen LogP contribution in [-0.4, -0.2) is 101 Å². The lowest BCUT2D eigenvalue weighted by molar-refractivity contribution is -0.136. The molecule has 2 atom stereocenters. The number of rotatable bonds is 5. The van der Waals surface area contributed by atoms with Gasteiger partial charge in [0.2, 0.25) is 11.8 Å². The van der Waals surface area contributed by atoms with Crippen molar-refractivity contribution < 1.29 is 36.9 Å². The minimum atomic E-state index is -3.03. The number of piperidine rings is 2. The number of fused-ring (bicyclic) bond motifs is 2. The molecule has 44 heavy (non-hydrogen) atoms. The van der Waals surface area contributed by atoms with E-state index in [2.05, 4.69) is 10.5 Å². The summed E-state index contributed by atoms with van der Waals surface area (Å²) in [6.07, 6.45) is 0.256. The van der Waals surface area contributed by atoms with E-state index in [9.17, 15) is 23.6 Å². The molecule has 5 heterocycles. The van der Waals surface area contributed by atoms with Gasteiger partial charge in [-0.3, -0.25) is 39.2 Å². The van der Waals surface area contributed by atoms with Crippen molar-refractivity contribution in [2.75, 3.05) is 44.2 Å². The lowest BCUT2D eigenvalue weighted by Gasteiger charge is -2.46. The number of nitrogens with one attached hydrogen (secondary N) is 1. The molecule has 0 bridgehead atoms. The van der Waals surface area contributed by atoms with E-state index >= 15 is 8.78 Å². The van der Waals surface area contributed by atoms with Crippen molar-refractivity contribution in [3.63, 3.8) is 0 Å². The summed E-state index contributed by atoms with van der Waals surface area (Å²) in [5.74, 6) is -5.34. The van der Waals surface area contributed by atoms with E-state index in [1.165, 1.54) is 18.2 Å². The molecular weight excluding hydrogens is 581 g/mol. The minimum Gasteiger partial charge on any atom is -0.354 e. The van der Waals surface area contributed by atoms with Crippen LogP contribution in [0.4, 0.5) is 19.0 Å². The Hall–Kier alpha value is -4.30. The van der Waals surface area contributed by atoms with Gasteiger partial charge < -0.3 is 9.42 Å². The maximum absolute atomic E-state index is 15.7. The SMILES string of the molecule is O=C1CCC(N2C(=O)c3cccc(CN4CCC(N5CCN(c6noc7cc(F)ccc67)CC5)C(F)(F)C4)c3C2=O)C(=O)N1. The minimum absolute atomic E-state index is 0.00803. The van der Waals surface area contributed by atoms with E-state index in [1.807, 2.05) is 4.90 Å². The first-order chi connectivity index (χ1) is 21.1. The fourth-order valence-electron chi connectivity index (χ4n) is 6.91. The van der Waals surface area contributed by atoms with Crippen molar-refractivity contribution in [3.8, 4) is 0 Å². The highest BCUT2D eigenvalue weighted by Gasteiger charge is 2.49. The predicted molar refractivity (Wildman–Crippen MR) is 149 cm³/mol. The van der Waals surface area contributed by atoms with Gasteiger partial charge in [0.15, 0.2) is 11.4 Å². The lowest BCUT2D eigenvalue weighted by Crippen LogP contribution is -2.61. The van der Waals surface area contributed by atoms with Crippen LogP contribution >= 0.6 is 0 Å². The Morgan fingerprint density at radius 2 is 1.77 bits per heavy atom. The number of hydrogen-bond acceptors (Lipinski definition) is 9. The second-order valence-corrected chi connectivity index (χ2v) is 11.7. The molecule has 0 spiro atoms. The Morgan fingerprint density at radius 3 is 2.52 bits per heavy atom. The molecule has 1 N–H and O–H groups in total. The van der Waals surface area contributed by atoms with Gasteiger partial charge in [-0.2, -0.15) is 0 Å². The van der Waals surface area contributed by atoms with E-state index in [1.54, 1.807) is 28.0 Å². The summed E-state index contributed by atoms with van der Waals surface area (Å²) < 4.78 is 50.1. The summed E-state index contributed by atoms with van der Waals surface area (Å²) in [7, 11) is 0. The van der Waals surface area contributed by atoms with Crippen molar-refractivity contribution in [2.45, 2.75) is 43.8 Å². The summed E-state index contributed by atoms with van der Waals surface area (Å²) >= 11 is 0. The molecule has 3 fully saturated rings. The third kappa shape index (κ3) is 4.81. The number of nitrogens with zero attached hydrogens (tertiary/aromatic N) is 5. The number of imide groups is 2. The van der Waals surface area contributed by atoms with Crippen LogP contribution in [0.1, 0.15) is 45.5 Å². The summed E-state index contributed by atoms with van der Waals surface area (Å²) in [6.45, 7) is 1.62. The highest BCUT2D eigenvalue weighted by molar-refractivity contribution is 6.24. The number of likely N-dealkylation sites (tertiary alicyclic amines) is 1. The molecule has 2 unspecified atom stereocenters. The number of amides is 4. The van der Waals surface area contributed by atoms with Crippen molar-refractivity contribution in [3.05, 3.63) is 58.9 Å². The summed E-state index contributed by atoms with van der Waals surface area (Å²) in [6, 6.07) is 6.88. The first-order valence-corrected chi connectivity index (χ1v) is 14.6. The van der Waals surface area contributed by atoms with E-state index < -0.39 is 54.0 Å². The Balaban J connectivity index is 1.01. The number of carbonyl (C=O) groups excluding carboxylic acids is 4. The number of aromatic nitrogens is 1. The van der Waals surface area contributed by atoms with Gasteiger partial charge in [-0.25, -0.2) is 13.2 Å². The van der Waals surface area contributed by atoms with E-state index in [-0.39, 0.29) is 36.9 Å². The van der Waals surface area contributed by atoms with Crippen LogP contribution < -0.4 is 10.2 Å². The molecule has 1 aromatic heterocycles. The molecule has 230 valence electrons. The zero-order valence-electron chi connectivity index (χ0n) is 23.6. The number of benzene rings is 2. The quantitative estimate of drug-likeness (QED) is 0.435. The first-order valence-electron chi connectivity index (χ1n) is 14.6. The van der Waals surface area contributed by atoms with E-state index in [4.69, 9.17) is 4.52 Å². The average Bonchev–Trinajstić information content (AvgIpc) is 3.51. The number of anilines is 1. The second kappa shape index (κ2) is 10.7. The van der Waals surface area contributed by atoms with E-state index in [0.717, 1.165) is 4.90 Å². The van der Waals surface area contributed by atoms with Gasteiger partial charge in [-0.05, 0) is 36.6 Å². The third-order valence-corrected chi connectivity index (χ3v) is 9.06. The van der Waals surface area contributed by atoms with Gasteiger partial charge in [0.1, 0.15) is 11.9 Å². The van der Waals surface area contributed by atoms with Gasteiger partial charge in [0, 0.05) is 51.8 Å². The van der Waals surface area contributed by atoms with Crippen LogP contribution in [0.3, 0.4) is 0 Å². The van der Waals surface area contributed by atoms with Crippen LogP contribution in [0.25, 0.3) is 11.0 Å². The average molecular weight is 611 g/mol. The molecule has 4 amide bonds. The number of hydrogen-bond donors (Lipinski definition) is 1. The second-order valence-electron chi connectivity index (χ2n) is 11.7. The molecule has 7 rings (SSSR count). The molecule has 0 radical (unpaired) electrons. The fraction of sp³-hybridized carbons (Fsp3) is 0.433. The van der Waals surface area contributed by atoms with Gasteiger partial charge in [-0.15, -0.1) is 0 Å². The summed E-state index contributed by atoms with van der Waals surface area (Å²) in [5, 5.41) is 6.92. The third-order valence-electron chi connectivity index (χ3n) is 9.06. The van der Waals surface area contributed by atoms with Crippen LogP contribution in [0.2, 0.25) is 0 Å². The van der Waals surface area contributed by atoms with Gasteiger partial charge in [0.25, 0.3) is 17.7 Å². The number of carbonyl (C=O) groups is 4. The van der Waals surface area contributed by atoms with Gasteiger partial charge in [-0.1, -0.05) is 17.3 Å². The Labute approximate surface area is 249 Å². The van der Waals surface area contributed by atoms with Crippen molar-refractivity contribution in [2.24, 2.45) is 0 Å². The van der Waals surface area contributed by atoms with Crippen molar-refractivity contribution >= 4 is 40.4 Å². The van der Waals surface area contributed by atoms with Crippen molar-refractivity contribution in [1.82, 2.24) is 25.2 Å². The molecule has 14 heteroatoms. The number of alkyl halides is 2. The monoisotopic (exact) mass is 610 g/mol. The topological polar surface area (TPSA) is 119 Å². The van der Waals surface area contributed by atoms with Crippen LogP contribution in [-0.2, 0) is 16.1 Å². The zero-order valence-corrected chi connectivity index (χ0v) is 23.6. The maximum Gasteiger partial charge on any atom is 0.275 e. The molecular formula is C30H29F3N6O5. The molecule has 2 aromatic carbocycles. The largest absolute Gasteiger partial charge is 0.354 e. The van der Waals surface area contributed by atoms with Gasteiger partial charge in [0.05, 0.1) is 29.1 Å². The fourth-order valence-corrected chi connectivity index (χ4v) is 6.91. The summed E-state index contributed by atoms with van der Waals surface area (Å²) in [4.78, 5) is 56.8. The van der Waals surface area contributed by atoms with Crippen LogP contribution in [0, 0.1) is 5.82 Å². The normalized spacial score (nSPS) is 24.7.